The molecule has 0 bridgehead atoms. The van der Waals surface area contributed by atoms with Crippen molar-refractivity contribution in [3.63, 3.8) is 0 Å². The molecular weight excluding hydrogens is 208 g/mol. The largest absolute Gasteiger partial charge is 0.311 e. The normalized spacial score (nSPS) is 22.9. The van der Waals surface area contributed by atoms with Gasteiger partial charge in [-0.05, 0) is 27.7 Å². The molecule has 0 aliphatic carbocycles. The molecular formula is C11H24N2OS. The molecule has 0 aromatic rings. The molecule has 1 heterocycles. The van der Waals surface area contributed by atoms with E-state index in [9.17, 15) is 4.21 Å². The average molecular weight is 232 g/mol. The monoisotopic (exact) mass is 232 g/mol. The Morgan fingerprint density at radius 1 is 1.33 bits per heavy atom. The van der Waals surface area contributed by atoms with Gasteiger partial charge in [0.2, 0.25) is 0 Å². The van der Waals surface area contributed by atoms with E-state index in [0.29, 0.717) is 6.04 Å². The topological polar surface area (TPSA) is 32.3 Å². The van der Waals surface area contributed by atoms with Gasteiger partial charge in [-0.15, -0.1) is 0 Å². The van der Waals surface area contributed by atoms with Crippen LogP contribution in [-0.4, -0.2) is 51.8 Å². The maximum Gasteiger partial charge on any atom is 0.0363 e. The van der Waals surface area contributed by atoms with Crippen molar-refractivity contribution < 1.29 is 4.21 Å². The lowest BCUT2D eigenvalue weighted by molar-refractivity contribution is 0.211. The average Bonchev–Trinajstić information content (AvgIpc) is 2.14. The second kappa shape index (κ2) is 5.41. The molecule has 0 radical (unpaired) electrons. The van der Waals surface area contributed by atoms with Crippen molar-refractivity contribution in [2.75, 3.05) is 31.1 Å². The zero-order valence-electron chi connectivity index (χ0n) is 10.4. The fourth-order valence-corrected chi connectivity index (χ4v) is 2.76. The van der Waals surface area contributed by atoms with E-state index in [1.165, 1.54) is 0 Å². The Hall–Kier alpha value is 0.0700. The van der Waals surface area contributed by atoms with Gasteiger partial charge in [-0.2, -0.15) is 0 Å². The summed E-state index contributed by atoms with van der Waals surface area (Å²) in [5.74, 6) is 1.69. The van der Waals surface area contributed by atoms with Crippen molar-refractivity contribution in [2.45, 2.75) is 39.3 Å². The van der Waals surface area contributed by atoms with Crippen molar-refractivity contribution in [1.82, 2.24) is 10.2 Å². The van der Waals surface area contributed by atoms with Gasteiger partial charge in [-0.25, -0.2) is 0 Å². The molecule has 0 aromatic heterocycles. The molecule has 0 spiro atoms. The maximum atomic E-state index is 11.2. The van der Waals surface area contributed by atoms with Crippen LogP contribution in [0.5, 0.6) is 0 Å². The molecule has 1 unspecified atom stereocenters. The minimum Gasteiger partial charge on any atom is -0.311 e. The number of hydrogen-bond acceptors (Lipinski definition) is 3. The summed E-state index contributed by atoms with van der Waals surface area (Å²) in [6.45, 7) is 11.8. The van der Waals surface area contributed by atoms with Crippen LogP contribution >= 0.6 is 0 Å². The zero-order valence-corrected chi connectivity index (χ0v) is 11.2. The SMILES string of the molecule is CC(CNC(C)(C)C)N1CCS(=O)CC1. The van der Waals surface area contributed by atoms with Crippen LogP contribution in [0.1, 0.15) is 27.7 Å². The maximum absolute atomic E-state index is 11.2. The van der Waals surface area contributed by atoms with Crippen molar-refractivity contribution in [3.05, 3.63) is 0 Å². The van der Waals surface area contributed by atoms with E-state index in [4.69, 9.17) is 0 Å². The molecule has 90 valence electrons. The number of nitrogens with zero attached hydrogens (tertiary/aromatic N) is 1. The summed E-state index contributed by atoms with van der Waals surface area (Å²) in [5.41, 5.74) is 0.187. The van der Waals surface area contributed by atoms with Crippen LogP contribution in [0, 0.1) is 0 Å². The third kappa shape index (κ3) is 5.09. The summed E-state index contributed by atoms with van der Waals surface area (Å²) in [7, 11) is -0.561. The number of rotatable bonds is 3. The zero-order chi connectivity index (χ0) is 11.5. The first-order chi connectivity index (χ1) is 6.88. The van der Waals surface area contributed by atoms with E-state index in [-0.39, 0.29) is 5.54 Å². The predicted octanol–water partition coefficient (Wildman–Crippen LogP) is 0.827. The number of nitrogens with one attached hydrogen (secondary N) is 1. The van der Waals surface area contributed by atoms with Crippen molar-refractivity contribution in [3.8, 4) is 0 Å². The van der Waals surface area contributed by atoms with E-state index >= 15 is 0 Å². The molecule has 15 heavy (non-hydrogen) atoms. The summed E-state index contributed by atoms with van der Waals surface area (Å²) in [6.07, 6.45) is 0. The summed E-state index contributed by atoms with van der Waals surface area (Å²) >= 11 is 0. The molecule has 1 fully saturated rings. The molecule has 0 saturated carbocycles. The van der Waals surface area contributed by atoms with E-state index in [1.54, 1.807) is 0 Å². The third-order valence-corrected chi connectivity index (χ3v) is 4.04. The van der Waals surface area contributed by atoms with E-state index in [0.717, 1.165) is 31.1 Å². The van der Waals surface area contributed by atoms with Gasteiger partial charge in [0.25, 0.3) is 0 Å². The smallest absolute Gasteiger partial charge is 0.0363 e. The van der Waals surface area contributed by atoms with Gasteiger partial charge in [0.1, 0.15) is 0 Å². The molecule has 0 amide bonds. The van der Waals surface area contributed by atoms with Gasteiger partial charge >= 0.3 is 0 Å². The Bertz CT molecular complexity index is 215. The van der Waals surface area contributed by atoms with Crippen molar-refractivity contribution in [1.29, 1.82) is 0 Å². The predicted molar refractivity (Wildman–Crippen MR) is 66.7 cm³/mol. The molecule has 1 N–H and O–H groups in total. The van der Waals surface area contributed by atoms with Crippen LogP contribution < -0.4 is 5.32 Å². The second-order valence-electron chi connectivity index (χ2n) is 5.36. The van der Waals surface area contributed by atoms with Gasteiger partial charge in [-0.1, -0.05) is 0 Å². The Morgan fingerprint density at radius 2 is 1.87 bits per heavy atom. The first-order valence-corrected chi connectivity index (χ1v) is 7.21. The van der Waals surface area contributed by atoms with Gasteiger partial charge in [0.05, 0.1) is 0 Å². The van der Waals surface area contributed by atoms with E-state index in [2.05, 4.69) is 37.9 Å². The Morgan fingerprint density at radius 3 is 2.33 bits per heavy atom. The van der Waals surface area contributed by atoms with Crippen LogP contribution in [0.3, 0.4) is 0 Å². The van der Waals surface area contributed by atoms with Gasteiger partial charge < -0.3 is 5.32 Å². The van der Waals surface area contributed by atoms with Gasteiger partial charge in [-0.3, -0.25) is 9.11 Å². The second-order valence-corrected chi connectivity index (χ2v) is 7.06. The quantitative estimate of drug-likeness (QED) is 0.782. The molecule has 1 aliphatic heterocycles. The molecule has 3 nitrogen and oxygen atoms in total. The molecule has 1 rings (SSSR count). The molecule has 1 saturated heterocycles. The summed E-state index contributed by atoms with van der Waals surface area (Å²) in [4.78, 5) is 2.43. The highest BCUT2D eigenvalue weighted by Gasteiger charge is 2.21. The Labute approximate surface area is 96.1 Å². The summed E-state index contributed by atoms with van der Waals surface area (Å²) < 4.78 is 11.2. The van der Waals surface area contributed by atoms with Crippen LogP contribution in [0.25, 0.3) is 0 Å². The highest BCUT2D eigenvalue weighted by Crippen LogP contribution is 2.06. The van der Waals surface area contributed by atoms with Crippen LogP contribution in [0.2, 0.25) is 0 Å². The van der Waals surface area contributed by atoms with Crippen molar-refractivity contribution >= 4 is 10.8 Å². The highest BCUT2D eigenvalue weighted by molar-refractivity contribution is 7.85. The first kappa shape index (κ1) is 13.1. The number of hydrogen-bond donors (Lipinski definition) is 1. The summed E-state index contributed by atoms with van der Waals surface area (Å²) in [6, 6.07) is 0.543. The molecule has 1 aliphatic rings. The Kier molecular flexibility index (Phi) is 4.74. The minimum absolute atomic E-state index is 0.187. The lowest BCUT2D eigenvalue weighted by atomic mass is 10.1. The van der Waals surface area contributed by atoms with Gasteiger partial charge in [0.15, 0.2) is 0 Å². The molecule has 0 aromatic carbocycles. The third-order valence-electron chi connectivity index (χ3n) is 2.76. The van der Waals surface area contributed by atoms with Crippen LogP contribution in [0.4, 0.5) is 0 Å². The lowest BCUT2D eigenvalue weighted by Gasteiger charge is -2.34. The van der Waals surface area contributed by atoms with E-state index < -0.39 is 10.8 Å². The molecule has 4 heteroatoms. The lowest BCUT2D eigenvalue weighted by Crippen LogP contribution is -2.50. The highest BCUT2D eigenvalue weighted by atomic mass is 32.2. The summed E-state index contributed by atoms with van der Waals surface area (Å²) in [5, 5.41) is 3.51. The minimum atomic E-state index is -0.561. The fraction of sp³-hybridized carbons (Fsp3) is 1.00. The van der Waals surface area contributed by atoms with Crippen LogP contribution in [-0.2, 0) is 10.8 Å². The Balaban J connectivity index is 2.28. The van der Waals surface area contributed by atoms with Gasteiger partial charge in [0, 0.05) is 53.5 Å². The van der Waals surface area contributed by atoms with E-state index in [1.807, 2.05) is 0 Å². The molecule has 1 atom stereocenters. The fourth-order valence-electron chi connectivity index (χ4n) is 1.68. The standard InChI is InChI=1S/C11H24N2OS/c1-10(9-12-11(2,3)4)13-5-7-15(14)8-6-13/h10,12H,5-9H2,1-4H3. The van der Waals surface area contributed by atoms with Crippen LogP contribution in [0.15, 0.2) is 0 Å². The first-order valence-electron chi connectivity index (χ1n) is 5.72. The van der Waals surface area contributed by atoms with Crippen molar-refractivity contribution in [2.24, 2.45) is 0 Å².